The second-order valence-corrected chi connectivity index (χ2v) is 1.92. The van der Waals surface area contributed by atoms with Gasteiger partial charge >= 0.3 is 0 Å². The number of benzene rings is 1. The summed E-state index contributed by atoms with van der Waals surface area (Å²) in [6.07, 6.45) is 0. The van der Waals surface area contributed by atoms with Gasteiger partial charge in [-0.1, -0.05) is 0 Å². The molecule has 0 saturated heterocycles. The average Bonchev–Trinajstić information content (AvgIpc) is 2.21. The van der Waals surface area contributed by atoms with Crippen molar-refractivity contribution in [1.29, 1.82) is 10.5 Å². The van der Waals surface area contributed by atoms with Crippen LogP contribution in [0.3, 0.4) is 0 Å². The summed E-state index contributed by atoms with van der Waals surface area (Å²) >= 11 is 0. The van der Waals surface area contributed by atoms with E-state index in [0.717, 1.165) is 0 Å². The third-order valence-corrected chi connectivity index (χ3v) is 1.21. The number of hydrogen-bond acceptors (Lipinski definition) is 4. The second-order valence-electron chi connectivity index (χ2n) is 1.92. The van der Waals surface area contributed by atoms with E-state index in [2.05, 4.69) is 0 Å². The molecule has 0 saturated carbocycles. The predicted octanol–water partition coefficient (Wildman–Crippen LogP) is 1.56. The zero-order chi connectivity index (χ0) is 10.3. The molecule has 64 valence electrons. The summed E-state index contributed by atoms with van der Waals surface area (Å²) in [5.41, 5.74) is 0.430. The van der Waals surface area contributed by atoms with Crippen molar-refractivity contribution in [3.05, 3.63) is 46.5 Å². The molecule has 1 aromatic carbocycles. The molecule has 1 rings (SSSR count). The van der Waals surface area contributed by atoms with Crippen molar-refractivity contribution in [2.75, 3.05) is 0 Å². The van der Waals surface area contributed by atoms with Crippen LogP contribution in [0.5, 0.6) is 0 Å². The van der Waals surface area contributed by atoms with Crippen LogP contribution < -0.4 is 0 Å². The zero-order valence-electron chi connectivity index (χ0n) is 6.47. The van der Waals surface area contributed by atoms with Crippen molar-refractivity contribution < 1.29 is 4.92 Å². The summed E-state index contributed by atoms with van der Waals surface area (Å²) in [5.74, 6) is 0. The molecule has 0 aliphatic rings. The van der Waals surface area contributed by atoms with Crippen LogP contribution in [0.2, 0.25) is 0 Å². The van der Waals surface area contributed by atoms with Gasteiger partial charge in [-0.05, 0) is 12.1 Å². The lowest BCUT2D eigenvalue weighted by atomic mass is 10.2. The van der Waals surface area contributed by atoms with E-state index in [1.54, 1.807) is 0 Å². The Hall–Kier alpha value is -2.40. The van der Waals surface area contributed by atoms with E-state index in [4.69, 9.17) is 17.1 Å². The van der Waals surface area contributed by atoms with Crippen LogP contribution in [0, 0.1) is 33.3 Å². The first-order valence-electron chi connectivity index (χ1n) is 3.11. The minimum absolute atomic E-state index is 0.00370. The SMILES string of the molecule is N#Cc1ccc([N+](=O)[O-])cc1.[C-]#N. The first-order valence-corrected chi connectivity index (χ1v) is 3.11. The van der Waals surface area contributed by atoms with Gasteiger partial charge in [0.15, 0.2) is 0 Å². The van der Waals surface area contributed by atoms with Crippen LogP contribution in [0.15, 0.2) is 24.3 Å². The normalized spacial score (nSPS) is 7.46. The molecule has 0 amide bonds. The molecule has 0 unspecified atom stereocenters. The third-order valence-electron chi connectivity index (χ3n) is 1.21. The molecule has 0 spiro atoms. The highest BCUT2D eigenvalue weighted by Crippen LogP contribution is 2.10. The molecule has 5 heteroatoms. The highest BCUT2D eigenvalue weighted by atomic mass is 16.6. The highest BCUT2D eigenvalue weighted by Gasteiger charge is 2.02. The van der Waals surface area contributed by atoms with Crippen molar-refractivity contribution >= 4 is 5.69 Å². The molecule has 5 nitrogen and oxygen atoms in total. The van der Waals surface area contributed by atoms with E-state index in [0.29, 0.717) is 5.56 Å². The maximum atomic E-state index is 10.1. The number of nitrogens with zero attached hydrogens (tertiary/aromatic N) is 3. The van der Waals surface area contributed by atoms with Crippen LogP contribution >= 0.6 is 0 Å². The summed E-state index contributed by atoms with van der Waals surface area (Å²) in [7, 11) is 0. The minimum Gasteiger partial charge on any atom is -0.512 e. The number of non-ortho nitro benzene ring substituents is 1. The molecule has 0 bridgehead atoms. The topological polar surface area (TPSA) is 90.7 Å². The number of nitriles is 1. The molecule has 0 N–H and O–H groups in total. The van der Waals surface area contributed by atoms with E-state index in [1.807, 2.05) is 6.07 Å². The van der Waals surface area contributed by atoms with Gasteiger partial charge in [0.05, 0.1) is 16.6 Å². The van der Waals surface area contributed by atoms with Crippen LogP contribution in [0.1, 0.15) is 5.56 Å². The average molecular weight is 174 g/mol. The van der Waals surface area contributed by atoms with Gasteiger partial charge < -0.3 is 11.8 Å². The maximum Gasteiger partial charge on any atom is 0.269 e. The summed E-state index contributed by atoms with van der Waals surface area (Å²) in [4.78, 5) is 9.62. The fraction of sp³-hybridized carbons (Fsp3) is 0. The zero-order valence-corrected chi connectivity index (χ0v) is 6.47. The van der Waals surface area contributed by atoms with Crippen LogP contribution in [0.25, 0.3) is 0 Å². The summed E-state index contributed by atoms with van der Waals surface area (Å²) in [5, 5.41) is 24.7. The standard InChI is InChI=1S/C7H4N2O2.CN/c8-5-6-1-3-7(4-2-6)9(10)11;1-2/h1-4H;/q;-1. The Bertz CT molecular complexity index is 348. The molecular formula is C8H4N3O2-. The molecular weight excluding hydrogens is 170 g/mol. The van der Waals surface area contributed by atoms with Gasteiger partial charge in [0.2, 0.25) is 0 Å². The summed E-state index contributed by atoms with van der Waals surface area (Å²) < 4.78 is 0. The van der Waals surface area contributed by atoms with Crippen LogP contribution in [-0.2, 0) is 0 Å². The highest BCUT2D eigenvalue weighted by molar-refractivity contribution is 5.38. The Morgan fingerprint density at radius 1 is 1.31 bits per heavy atom. The molecule has 0 heterocycles. The molecule has 0 aromatic heterocycles. The summed E-state index contributed by atoms with van der Waals surface area (Å²) in [6.45, 7) is 4.75. The van der Waals surface area contributed by atoms with Gasteiger partial charge in [0, 0.05) is 12.1 Å². The smallest absolute Gasteiger partial charge is 0.269 e. The lowest BCUT2D eigenvalue weighted by Gasteiger charge is -1.88. The first-order chi connectivity index (χ1) is 6.24. The van der Waals surface area contributed by atoms with E-state index in [-0.39, 0.29) is 5.69 Å². The number of hydrogen-bond donors (Lipinski definition) is 0. The fourth-order valence-corrected chi connectivity index (χ4v) is 0.658. The Balaban J connectivity index is 0.000000671. The van der Waals surface area contributed by atoms with E-state index in [9.17, 15) is 10.1 Å². The van der Waals surface area contributed by atoms with Gasteiger partial charge in [-0.2, -0.15) is 5.26 Å². The van der Waals surface area contributed by atoms with Crippen molar-refractivity contribution in [3.8, 4) is 6.07 Å². The Labute approximate surface area is 74.6 Å². The van der Waals surface area contributed by atoms with Crippen LogP contribution in [0.4, 0.5) is 5.69 Å². The van der Waals surface area contributed by atoms with Gasteiger partial charge in [-0.15, -0.1) is 0 Å². The van der Waals surface area contributed by atoms with Crippen molar-refractivity contribution in [2.45, 2.75) is 0 Å². The lowest BCUT2D eigenvalue weighted by Crippen LogP contribution is -1.86. The maximum absolute atomic E-state index is 10.1. The van der Waals surface area contributed by atoms with Crippen molar-refractivity contribution in [2.24, 2.45) is 0 Å². The lowest BCUT2D eigenvalue weighted by molar-refractivity contribution is -0.384. The molecule has 13 heavy (non-hydrogen) atoms. The van der Waals surface area contributed by atoms with E-state index >= 15 is 0 Å². The molecule has 0 radical (unpaired) electrons. The van der Waals surface area contributed by atoms with Crippen molar-refractivity contribution in [3.63, 3.8) is 0 Å². The van der Waals surface area contributed by atoms with Gasteiger partial charge in [-0.3, -0.25) is 10.1 Å². The second kappa shape index (κ2) is 5.28. The van der Waals surface area contributed by atoms with Gasteiger partial charge in [0.1, 0.15) is 0 Å². The number of nitro groups is 1. The van der Waals surface area contributed by atoms with Gasteiger partial charge in [-0.25, -0.2) is 0 Å². The Kier molecular flexibility index (Phi) is 4.30. The molecule has 0 aliphatic carbocycles. The molecule has 0 aliphatic heterocycles. The molecule has 0 fully saturated rings. The Morgan fingerprint density at radius 2 is 1.77 bits per heavy atom. The minimum atomic E-state index is -0.499. The van der Waals surface area contributed by atoms with E-state index < -0.39 is 4.92 Å². The third kappa shape index (κ3) is 3.00. The first kappa shape index (κ1) is 10.6. The number of rotatable bonds is 1. The molecule has 1 aromatic rings. The largest absolute Gasteiger partial charge is 0.512 e. The van der Waals surface area contributed by atoms with Gasteiger partial charge in [0.25, 0.3) is 5.69 Å². The predicted molar refractivity (Wildman–Crippen MR) is 42.8 cm³/mol. The monoisotopic (exact) mass is 174 g/mol. The van der Waals surface area contributed by atoms with E-state index in [1.165, 1.54) is 24.3 Å². The quantitative estimate of drug-likeness (QED) is 0.367. The number of nitro benzene ring substituents is 1. The Morgan fingerprint density at radius 3 is 2.08 bits per heavy atom. The summed E-state index contributed by atoms with van der Waals surface area (Å²) in [6, 6.07) is 7.31. The molecule has 0 atom stereocenters. The fourth-order valence-electron chi connectivity index (χ4n) is 0.658. The van der Waals surface area contributed by atoms with Crippen molar-refractivity contribution in [1.82, 2.24) is 0 Å². The van der Waals surface area contributed by atoms with Crippen LogP contribution in [-0.4, -0.2) is 4.92 Å².